The van der Waals surface area contributed by atoms with Crippen LogP contribution < -0.4 is 0 Å². The average molecular weight is 393 g/mol. The topological polar surface area (TPSA) is 125 Å². The molecule has 162 valence electrons. The minimum atomic E-state index is -1.90. The first-order chi connectivity index (χ1) is 12.5. The Morgan fingerprint density at radius 2 is 0.926 bits per heavy atom. The van der Waals surface area contributed by atoms with Crippen molar-refractivity contribution in [1.29, 1.82) is 0 Å². The summed E-state index contributed by atoms with van der Waals surface area (Å²) >= 11 is 0. The molecule has 2 atom stereocenters. The second-order valence-electron chi connectivity index (χ2n) is 6.76. The van der Waals surface area contributed by atoms with E-state index in [4.69, 9.17) is 9.47 Å². The van der Waals surface area contributed by atoms with Crippen LogP contribution in [-0.2, 0) is 19.1 Å². The van der Waals surface area contributed by atoms with E-state index in [-0.39, 0.29) is 18.7 Å². The smallest absolute Gasteiger partial charge is 0.338 e. The van der Waals surface area contributed by atoms with E-state index in [1.807, 2.05) is 0 Å². The van der Waals surface area contributed by atoms with E-state index < -0.39 is 24.1 Å². The maximum absolute atomic E-state index is 11.7. The summed E-state index contributed by atoms with van der Waals surface area (Å²) in [7, 11) is 0. The minimum Gasteiger partial charge on any atom is -0.464 e. The Balaban J connectivity index is 0. The maximum atomic E-state index is 11.7. The molecule has 0 aliphatic rings. The molecule has 0 rings (SSSR count). The molecule has 0 spiro atoms. The highest BCUT2D eigenvalue weighted by Gasteiger charge is 2.32. The van der Waals surface area contributed by atoms with Crippen LogP contribution in [0.15, 0.2) is 0 Å². The second kappa shape index (κ2) is 19.6. The van der Waals surface area contributed by atoms with Gasteiger partial charge in [-0.2, -0.15) is 0 Å². The van der Waals surface area contributed by atoms with E-state index in [1.54, 1.807) is 0 Å². The van der Waals surface area contributed by atoms with Crippen molar-refractivity contribution in [3.63, 3.8) is 0 Å². The lowest BCUT2D eigenvalue weighted by molar-refractivity contribution is -0.173. The summed E-state index contributed by atoms with van der Waals surface area (Å²) in [5.74, 6) is -1.97. The molecular formula is C20H40O7. The lowest BCUT2D eigenvalue weighted by Gasteiger charge is -2.16. The van der Waals surface area contributed by atoms with Gasteiger partial charge in [-0.05, 0) is 12.8 Å². The van der Waals surface area contributed by atoms with Gasteiger partial charge < -0.3 is 25.2 Å². The number of hydrogen-bond acceptors (Lipinski definition) is 6. The minimum absolute atomic E-state index is 0. The number of esters is 2. The number of carbonyl (C=O) groups is 2. The van der Waals surface area contributed by atoms with Crippen molar-refractivity contribution in [2.75, 3.05) is 13.2 Å². The van der Waals surface area contributed by atoms with E-state index in [1.165, 1.54) is 25.7 Å². The molecule has 0 aliphatic carbocycles. The van der Waals surface area contributed by atoms with Crippen LogP contribution in [0, 0.1) is 0 Å². The molecule has 0 amide bonds. The van der Waals surface area contributed by atoms with E-state index in [0.29, 0.717) is 12.8 Å². The van der Waals surface area contributed by atoms with Gasteiger partial charge in [0.25, 0.3) is 0 Å². The van der Waals surface area contributed by atoms with Crippen molar-refractivity contribution >= 4 is 11.9 Å². The second-order valence-corrected chi connectivity index (χ2v) is 6.76. The Hall–Kier alpha value is -1.18. The zero-order chi connectivity index (χ0) is 19.6. The predicted octanol–water partition coefficient (Wildman–Crippen LogP) is 2.69. The number of aliphatic hydroxyl groups is 2. The standard InChI is InChI=1S/C20H38O6.H2O/c1-3-5-7-9-11-13-15-25-19(23)17(21)18(22)20(24)26-16-14-12-10-8-6-4-2;/h17-18,21-22H,3-16H2,1-2H3;1H2. The molecule has 0 saturated heterocycles. The van der Waals surface area contributed by atoms with Crippen LogP contribution in [0.4, 0.5) is 0 Å². The van der Waals surface area contributed by atoms with Crippen molar-refractivity contribution in [2.24, 2.45) is 0 Å². The lowest BCUT2D eigenvalue weighted by atomic mass is 10.1. The molecule has 4 N–H and O–H groups in total. The van der Waals surface area contributed by atoms with E-state index in [9.17, 15) is 19.8 Å². The fraction of sp³-hybridized carbons (Fsp3) is 0.900. The van der Waals surface area contributed by atoms with Gasteiger partial charge in [0.15, 0.2) is 12.2 Å². The SMILES string of the molecule is CCCCCCCCOC(=O)C(O)C(O)C(=O)OCCCCCCCC.O. The molecule has 0 saturated carbocycles. The summed E-state index contributed by atoms with van der Waals surface area (Å²) in [6, 6.07) is 0. The Labute approximate surface area is 163 Å². The summed E-state index contributed by atoms with van der Waals surface area (Å²) in [5, 5.41) is 19.4. The normalized spacial score (nSPS) is 12.7. The molecule has 0 fully saturated rings. The van der Waals surface area contributed by atoms with Gasteiger partial charge >= 0.3 is 11.9 Å². The quantitative estimate of drug-likeness (QED) is 0.290. The summed E-state index contributed by atoms with van der Waals surface area (Å²) in [6.07, 6.45) is 8.77. The van der Waals surface area contributed by atoms with Gasteiger partial charge in [-0.1, -0.05) is 78.1 Å². The monoisotopic (exact) mass is 392 g/mol. The van der Waals surface area contributed by atoms with Crippen LogP contribution in [0.25, 0.3) is 0 Å². The van der Waals surface area contributed by atoms with Gasteiger partial charge in [-0.15, -0.1) is 0 Å². The molecule has 0 radical (unpaired) electrons. The summed E-state index contributed by atoms with van der Waals surface area (Å²) in [6.45, 7) is 4.66. The number of unbranched alkanes of at least 4 members (excludes halogenated alkanes) is 10. The maximum Gasteiger partial charge on any atom is 0.338 e. The third-order valence-electron chi connectivity index (χ3n) is 4.27. The van der Waals surface area contributed by atoms with E-state index in [2.05, 4.69) is 13.8 Å². The van der Waals surface area contributed by atoms with Gasteiger partial charge in [-0.25, -0.2) is 9.59 Å². The molecule has 0 aliphatic heterocycles. The van der Waals surface area contributed by atoms with Gasteiger partial charge in [0.2, 0.25) is 0 Å². The van der Waals surface area contributed by atoms with Crippen LogP contribution in [0.3, 0.4) is 0 Å². The average Bonchev–Trinajstić information content (AvgIpc) is 2.64. The lowest BCUT2D eigenvalue weighted by Crippen LogP contribution is -2.41. The largest absolute Gasteiger partial charge is 0.464 e. The van der Waals surface area contributed by atoms with Crippen LogP contribution in [0.2, 0.25) is 0 Å². The highest BCUT2D eigenvalue weighted by Crippen LogP contribution is 2.07. The molecule has 2 unspecified atom stereocenters. The first kappa shape index (κ1) is 28.0. The van der Waals surface area contributed by atoms with Crippen LogP contribution >= 0.6 is 0 Å². The number of hydrogen-bond donors (Lipinski definition) is 2. The van der Waals surface area contributed by atoms with Gasteiger partial charge in [-0.3, -0.25) is 0 Å². The van der Waals surface area contributed by atoms with Crippen molar-refractivity contribution in [1.82, 2.24) is 0 Å². The molecule has 0 bridgehead atoms. The zero-order valence-electron chi connectivity index (χ0n) is 17.1. The van der Waals surface area contributed by atoms with Crippen molar-refractivity contribution in [2.45, 2.75) is 103 Å². The summed E-state index contributed by atoms with van der Waals surface area (Å²) in [4.78, 5) is 23.3. The molecule has 0 aromatic heterocycles. The third-order valence-corrected chi connectivity index (χ3v) is 4.27. The molecular weight excluding hydrogens is 352 g/mol. The van der Waals surface area contributed by atoms with Crippen LogP contribution in [0.5, 0.6) is 0 Å². The molecule has 27 heavy (non-hydrogen) atoms. The van der Waals surface area contributed by atoms with Crippen molar-refractivity contribution < 1.29 is 34.8 Å². The third kappa shape index (κ3) is 15.6. The summed E-state index contributed by atoms with van der Waals surface area (Å²) in [5.41, 5.74) is 0. The van der Waals surface area contributed by atoms with Crippen molar-refractivity contribution in [3.8, 4) is 0 Å². The van der Waals surface area contributed by atoms with Gasteiger partial charge in [0, 0.05) is 0 Å². The molecule has 0 aromatic carbocycles. The predicted molar refractivity (Wildman–Crippen MR) is 104 cm³/mol. The Morgan fingerprint density at radius 1 is 0.630 bits per heavy atom. The molecule has 7 heteroatoms. The van der Waals surface area contributed by atoms with Gasteiger partial charge in [0.05, 0.1) is 13.2 Å². The number of aliphatic hydroxyl groups excluding tert-OH is 2. The van der Waals surface area contributed by atoms with E-state index in [0.717, 1.165) is 38.5 Å². The summed E-state index contributed by atoms with van der Waals surface area (Å²) < 4.78 is 9.81. The fourth-order valence-corrected chi connectivity index (χ4v) is 2.54. The van der Waals surface area contributed by atoms with Gasteiger partial charge in [0.1, 0.15) is 0 Å². The molecule has 0 heterocycles. The Kier molecular flexibility index (Phi) is 20.3. The van der Waals surface area contributed by atoms with Crippen molar-refractivity contribution in [3.05, 3.63) is 0 Å². The van der Waals surface area contributed by atoms with E-state index >= 15 is 0 Å². The van der Waals surface area contributed by atoms with Crippen LogP contribution in [-0.4, -0.2) is 53.0 Å². The fourth-order valence-electron chi connectivity index (χ4n) is 2.54. The number of carbonyl (C=O) groups excluding carboxylic acids is 2. The number of ether oxygens (including phenoxy) is 2. The Morgan fingerprint density at radius 3 is 1.26 bits per heavy atom. The molecule has 7 nitrogen and oxygen atoms in total. The highest BCUT2D eigenvalue weighted by molar-refractivity contribution is 5.85. The molecule has 0 aromatic rings. The zero-order valence-corrected chi connectivity index (χ0v) is 17.1. The Bertz CT molecular complexity index is 326. The first-order valence-electron chi connectivity index (χ1n) is 10.2. The highest BCUT2D eigenvalue weighted by atomic mass is 16.6. The first-order valence-corrected chi connectivity index (χ1v) is 10.2. The number of rotatable bonds is 17. The van der Waals surface area contributed by atoms with Crippen LogP contribution in [0.1, 0.15) is 90.9 Å².